The second-order valence-corrected chi connectivity index (χ2v) is 5.07. The molecule has 100 valence electrons. The topological polar surface area (TPSA) is 26.0 Å². The highest BCUT2D eigenvalue weighted by atomic mass is 79.9. The Balaban J connectivity index is 2.22. The largest absolute Gasteiger partial charge is 0.324 e. The first-order valence-corrected chi connectivity index (χ1v) is 6.41. The fourth-order valence-corrected chi connectivity index (χ4v) is 2.04. The van der Waals surface area contributed by atoms with Gasteiger partial charge in [0.2, 0.25) is 0 Å². The lowest BCUT2D eigenvalue weighted by molar-refractivity contribution is 0.570. The van der Waals surface area contributed by atoms with E-state index in [9.17, 15) is 13.2 Å². The van der Waals surface area contributed by atoms with Gasteiger partial charge in [-0.2, -0.15) is 0 Å². The van der Waals surface area contributed by atoms with Gasteiger partial charge >= 0.3 is 0 Å². The van der Waals surface area contributed by atoms with Crippen molar-refractivity contribution in [2.45, 2.75) is 12.5 Å². The number of nitrogens with two attached hydrogens (primary N) is 1. The molecule has 0 aliphatic rings. The normalized spacial score (nSPS) is 12.5. The van der Waals surface area contributed by atoms with E-state index < -0.39 is 23.5 Å². The van der Waals surface area contributed by atoms with Gasteiger partial charge in [-0.3, -0.25) is 0 Å². The van der Waals surface area contributed by atoms with Gasteiger partial charge in [0.05, 0.1) is 4.47 Å². The van der Waals surface area contributed by atoms with Gasteiger partial charge in [0, 0.05) is 6.04 Å². The fraction of sp³-hybridized carbons (Fsp3) is 0.143. The lowest BCUT2D eigenvalue weighted by Gasteiger charge is -2.13. The molecule has 0 radical (unpaired) electrons. The van der Waals surface area contributed by atoms with Crippen molar-refractivity contribution < 1.29 is 13.2 Å². The highest BCUT2D eigenvalue weighted by molar-refractivity contribution is 9.10. The minimum Gasteiger partial charge on any atom is -0.324 e. The van der Waals surface area contributed by atoms with Crippen molar-refractivity contribution in [2.24, 2.45) is 5.73 Å². The van der Waals surface area contributed by atoms with Crippen LogP contribution in [0.5, 0.6) is 0 Å². The third kappa shape index (κ3) is 3.36. The summed E-state index contributed by atoms with van der Waals surface area (Å²) in [6.45, 7) is 0. The molecule has 1 atom stereocenters. The fourth-order valence-electron chi connectivity index (χ4n) is 1.80. The number of halogens is 4. The van der Waals surface area contributed by atoms with Crippen LogP contribution in [-0.2, 0) is 6.42 Å². The van der Waals surface area contributed by atoms with E-state index in [1.807, 2.05) is 0 Å². The zero-order chi connectivity index (χ0) is 14.0. The summed E-state index contributed by atoms with van der Waals surface area (Å²) < 4.78 is 40.2. The minimum absolute atomic E-state index is 0.102. The van der Waals surface area contributed by atoms with Crippen LogP contribution in [0.3, 0.4) is 0 Å². The van der Waals surface area contributed by atoms with Crippen LogP contribution < -0.4 is 5.73 Å². The van der Waals surface area contributed by atoms with Gasteiger partial charge in [0.15, 0.2) is 0 Å². The van der Waals surface area contributed by atoms with Gasteiger partial charge in [0.1, 0.15) is 17.5 Å². The standard InChI is InChI=1S/C14H11BrF3N/c15-11-3-1-8(6-13(11)18)14(19)7-9-5-10(16)2-4-12(9)17/h1-6,14H,7,19H2. The summed E-state index contributed by atoms with van der Waals surface area (Å²) in [4.78, 5) is 0. The summed E-state index contributed by atoms with van der Waals surface area (Å²) in [7, 11) is 0. The third-order valence-corrected chi connectivity index (χ3v) is 3.46. The first-order chi connectivity index (χ1) is 8.97. The Bertz CT molecular complexity index is 601. The molecular weight excluding hydrogens is 319 g/mol. The van der Waals surface area contributed by atoms with E-state index in [0.717, 1.165) is 18.2 Å². The molecule has 2 aromatic carbocycles. The summed E-state index contributed by atoms with van der Waals surface area (Å²) >= 11 is 3.04. The SMILES string of the molecule is NC(Cc1cc(F)ccc1F)c1ccc(Br)c(F)c1. The molecule has 0 saturated heterocycles. The van der Waals surface area contributed by atoms with Crippen LogP contribution >= 0.6 is 15.9 Å². The van der Waals surface area contributed by atoms with Crippen molar-refractivity contribution in [1.82, 2.24) is 0 Å². The van der Waals surface area contributed by atoms with Crippen molar-refractivity contribution in [3.63, 3.8) is 0 Å². The van der Waals surface area contributed by atoms with Gasteiger partial charge in [0.25, 0.3) is 0 Å². The van der Waals surface area contributed by atoms with Crippen molar-refractivity contribution in [1.29, 1.82) is 0 Å². The van der Waals surface area contributed by atoms with Gasteiger partial charge < -0.3 is 5.73 Å². The molecule has 5 heteroatoms. The van der Waals surface area contributed by atoms with Crippen LogP contribution in [0.15, 0.2) is 40.9 Å². The summed E-state index contributed by atoms with van der Waals surface area (Å²) in [6, 6.07) is 7.07. The van der Waals surface area contributed by atoms with E-state index in [-0.39, 0.29) is 12.0 Å². The van der Waals surface area contributed by atoms with E-state index >= 15 is 0 Å². The van der Waals surface area contributed by atoms with Crippen LogP contribution in [0.1, 0.15) is 17.2 Å². The molecule has 0 saturated carbocycles. The monoisotopic (exact) mass is 329 g/mol. The van der Waals surface area contributed by atoms with Gasteiger partial charge in [-0.15, -0.1) is 0 Å². The van der Waals surface area contributed by atoms with Gasteiger partial charge in [-0.25, -0.2) is 13.2 Å². The number of hydrogen-bond acceptors (Lipinski definition) is 1. The summed E-state index contributed by atoms with van der Waals surface area (Å²) in [5.41, 5.74) is 6.60. The van der Waals surface area contributed by atoms with Gasteiger partial charge in [-0.1, -0.05) is 6.07 Å². The summed E-state index contributed by atoms with van der Waals surface area (Å²) in [5, 5.41) is 0. The predicted molar refractivity (Wildman–Crippen MR) is 71.1 cm³/mol. The molecule has 0 amide bonds. The van der Waals surface area contributed by atoms with Crippen molar-refractivity contribution >= 4 is 15.9 Å². The predicted octanol–water partition coefficient (Wildman–Crippen LogP) is 4.11. The van der Waals surface area contributed by atoms with Crippen molar-refractivity contribution in [3.05, 3.63) is 69.4 Å². The molecule has 1 nitrogen and oxygen atoms in total. The highest BCUT2D eigenvalue weighted by Crippen LogP contribution is 2.23. The molecule has 0 fully saturated rings. The lowest BCUT2D eigenvalue weighted by atomic mass is 9.99. The Morgan fingerprint density at radius 2 is 1.74 bits per heavy atom. The highest BCUT2D eigenvalue weighted by Gasteiger charge is 2.13. The smallest absolute Gasteiger partial charge is 0.137 e. The third-order valence-electron chi connectivity index (χ3n) is 2.82. The zero-order valence-electron chi connectivity index (χ0n) is 9.84. The van der Waals surface area contributed by atoms with Crippen LogP contribution in [-0.4, -0.2) is 0 Å². The molecular formula is C14H11BrF3N. The van der Waals surface area contributed by atoms with Crippen LogP contribution in [0, 0.1) is 17.5 Å². The molecule has 2 N–H and O–H groups in total. The van der Waals surface area contributed by atoms with E-state index in [0.29, 0.717) is 10.0 Å². The Morgan fingerprint density at radius 1 is 1.00 bits per heavy atom. The molecule has 0 heterocycles. The van der Waals surface area contributed by atoms with Crippen molar-refractivity contribution in [3.8, 4) is 0 Å². The number of hydrogen-bond donors (Lipinski definition) is 1. The first kappa shape index (κ1) is 14.1. The average Bonchev–Trinajstić information content (AvgIpc) is 2.37. The van der Waals surface area contributed by atoms with Gasteiger partial charge in [-0.05, 0) is 63.8 Å². The van der Waals surface area contributed by atoms with Crippen molar-refractivity contribution in [2.75, 3.05) is 0 Å². The average molecular weight is 330 g/mol. The molecule has 0 bridgehead atoms. The second-order valence-electron chi connectivity index (χ2n) is 4.22. The molecule has 0 spiro atoms. The maximum atomic E-state index is 13.5. The Kier molecular flexibility index (Phi) is 4.27. The number of rotatable bonds is 3. The van der Waals surface area contributed by atoms with E-state index in [4.69, 9.17) is 5.73 Å². The van der Waals surface area contributed by atoms with Crippen LogP contribution in [0.25, 0.3) is 0 Å². The summed E-state index contributed by atoms with van der Waals surface area (Å²) in [5.74, 6) is -1.48. The minimum atomic E-state index is -0.598. The first-order valence-electron chi connectivity index (χ1n) is 5.62. The molecule has 0 aliphatic heterocycles. The zero-order valence-corrected chi connectivity index (χ0v) is 11.4. The van der Waals surface area contributed by atoms with E-state index in [1.54, 1.807) is 6.07 Å². The lowest BCUT2D eigenvalue weighted by Crippen LogP contribution is -2.14. The molecule has 2 aromatic rings. The quantitative estimate of drug-likeness (QED) is 0.901. The van der Waals surface area contributed by atoms with Crippen LogP contribution in [0.2, 0.25) is 0 Å². The van der Waals surface area contributed by atoms with E-state index in [2.05, 4.69) is 15.9 Å². The van der Waals surface area contributed by atoms with Crippen LogP contribution in [0.4, 0.5) is 13.2 Å². The molecule has 0 aromatic heterocycles. The number of benzene rings is 2. The Hall–Kier alpha value is -1.33. The summed E-state index contributed by atoms with van der Waals surface area (Å²) in [6.07, 6.45) is 0.102. The molecule has 2 rings (SSSR count). The molecule has 19 heavy (non-hydrogen) atoms. The molecule has 0 aliphatic carbocycles. The Labute approximate surface area is 117 Å². The maximum Gasteiger partial charge on any atom is 0.137 e. The second kappa shape index (κ2) is 5.75. The molecule has 1 unspecified atom stereocenters. The van der Waals surface area contributed by atoms with E-state index in [1.165, 1.54) is 12.1 Å². The Morgan fingerprint density at radius 3 is 2.42 bits per heavy atom. The maximum absolute atomic E-state index is 13.5.